The highest BCUT2D eigenvalue weighted by atomic mass is 79.9. The van der Waals surface area contributed by atoms with Gasteiger partial charge in [0.25, 0.3) is 0 Å². The maximum Gasteiger partial charge on any atom is 0.188 e. The van der Waals surface area contributed by atoms with E-state index in [9.17, 15) is 4.79 Å². The van der Waals surface area contributed by atoms with Gasteiger partial charge in [-0.15, -0.1) is 0 Å². The smallest absolute Gasteiger partial charge is 0.188 e. The van der Waals surface area contributed by atoms with E-state index in [0.29, 0.717) is 6.61 Å². The first kappa shape index (κ1) is 14.5. The number of aryl methyl sites for hydroxylation is 2. The third kappa shape index (κ3) is 3.42. The second-order valence-electron chi connectivity index (χ2n) is 5.34. The number of hydrogen-bond acceptors (Lipinski definition) is 2. The van der Waals surface area contributed by atoms with Gasteiger partial charge in [-0.3, -0.25) is 4.79 Å². The normalized spacial score (nSPS) is 13.2. The lowest BCUT2D eigenvalue weighted by Gasteiger charge is -2.07. The van der Waals surface area contributed by atoms with Crippen molar-refractivity contribution in [3.05, 3.63) is 69.2 Å². The Balaban J connectivity index is 1.58. The molecule has 0 aromatic heterocycles. The molecule has 1 aliphatic carbocycles. The van der Waals surface area contributed by atoms with Crippen molar-refractivity contribution in [2.75, 3.05) is 6.61 Å². The monoisotopic (exact) mass is 344 g/mol. The number of halogens is 1. The van der Waals surface area contributed by atoms with Crippen molar-refractivity contribution in [3.63, 3.8) is 0 Å². The first-order valence-corrected chi connectivity index (χ1v) is 7.99. The molecule has 3 heteroatoms. The van der Waals surface area contributed by atoms with Crippen molar-refractivity contribution in [1.82, 2.24) is 0 Å². The fraction of sp³-hybridized carbons (Fsp3) is 0.278. The van der Waals surface area contributed by atoms with Gasteiger partial charge in [0.15, 0.2) is 5.78 Å². The van der Waals surface area contributed by atoms with Crippen LogP contribution in [0.1, 0.15) is 33.5 Å². The largest absolute Gasteiger partial charge is 0.369 e. The van der Waals surface area contributed by atoms with Gasteiger partial charge in [0, 0.05) is 10.0 Å². The summed E-state index contributed by atoms with van der Waals surface area (Å²) < 4.78 is 6.57. The number of hydrogen-bond donors (Lipinski definition) is 0. The first-order chi connectivity index (χ1) is 10.2. The Hall–Kier alpha value is -1.45. The van der Waals surface area contributed by atoms with Crippen LogP contribution in [-0.2, 0) is 24.2 Å². The minimum Gasteiger partial charge on any atom is -0.369 e. The van der Waals surface area contributed by atoms with Gasteiger partial charge in [-0.2, -0.15) is 0 Å². The van der Waals surface area contributed by atoms with E-state index in [4.69, 9.17) is 4.74 Å². The molecular weight excluding hydrogens is 328 g/mol. The highest BCUT2D eigenvalue weighted by Crippen LogP contribution is 2.23. The maximum absolute atomic E-state index is 12.2. The lowest BCUT2D eigenvalue weighted by molar-refractivity contribution is 0.0725. The number of benzene rings is 2. The summed E-state index contributed by atoms with van der Waals surface area (Å²) in [6.07, 6.45) is 3.43. The van der Waals surface area contributed by atoms with Crippen LogP contribution in [0.15, 0.2) is 46.9 Å². The van der Waals surface area contributed by atoms with Gasteiger partial charge in [0.05, 0.1) is 6.61 Å². The molecule has 2 aromatic rings. The highest BCUT2D eigenvalue weighted by molar-refractivity contribution is 9.10. The Morgan fingerprint density at radius 2 is 1.90 bits per heavy atom. The van der Waals surface area contributed by atoms with Gasteiger partial charge in [-0.05, 0) is 48.1 Å². The number of ketones is 1. The van der Waals surface area contributed by atoms with E-state index in [0.717, 1.165) is 28.4 Å². The molecular formula is C18H17BrO2. The summed E-state index contributed by atoms with van der Waals surface area (Å²) in [5, 5.41) is 0. The van der Waals surface area contributed by atoms with Crippen molar-refractivity contribution in [2.24, 2.45) is 0 Å². The van der Waals surface area contributed by atoms with E-state index in [1.807, 2.05) is 36.4 Å². The SMILES string of the molecule is O=C(COCc1ccccc1Br)c1ccc2c(c1)CCC2. The number of Topliss-reactive ketones (excluding diaryl/α,β-unsaturated/α-hetero) is 1. The van der Waals surface area contributed by atoms with E-state index >= 15 is 0 Å². The third-order valence-corrected chi connectivity index (χ3v) is 4.64. The number of carbonyl (C=O) groups is 1. The molecule has 0 aliphatic heterocycles. The van der Waals surface area contributed by atoms with Crippen LogP contribution in [-0.4, -0.2) is 12.4 Å². The molecule has 3 rings (SSSR count). The van der Waals surface area contributed by atoms with Gasteiger partial charge < -0.3 is 4.74 Å². The average molecular weight is 345 g/mol. The van der Waals surface area contributed by atoms with E-state index in [1.54, 1.807) is 0 Å². The summed E-state index contributed by atoms with van der Waals surface area (Å²) in [6.45, 7) is 0.568. The summed E-state index contributed by atoms with van der Waals surface area (Å²) in [4.78, 5) is 12.2. The fourth-order valence-electron chi connectivity index (χ4n) is 2.70. The van der Waals surface area contributed by atoms with Gasteiger partial charge in [0.1, 0.15) is 6.61 Å². The number of ether oxygens (including phenoxy) is 1. The number of fused-ring (bicyclic) bond motifs is 1. The molecule has 0 saturated carbocycles. The van der Waals surface area contributed by atoms with Crippen LogP contribution in [0.3, 0.4) is 0 Å². The maximum atomic E-state index is 12.2. The van der Waals surface area contributed by atoms with E-state index in [1.165, 1.54) is 17.5 Å². The van der Waals surface area contributed by atoms with Crippen molar-refractivity contribution in [1.29, 1.82) is 0 Å². The van der Waals surface area contributed by atoms with E-state index in [2.05, 4.69) is 22.0 Å². The van der Waals surface area contributed by atoms with Crippen molar-refractivity contribution in [3.8, 4) is 0 Å². The van der Waals surface area contributed by atoms with Crippen LogP contribution in [0.25, 0.3) is 0 Å². The van der Waals surface area contributed by atoms with Gasteiger partial charge >= 0.3 is 0 Å². The quantitative estimate of drug-likeness (QED) is 0.754. The summed E-state index contributed by atoms with van der Waals surface area (Å²) in [5.41, 5.74) is 4.54. The summed E-state index contributed by atoms with van der Waals surface area (Å²) in [6, 6.07) is 13.9. The zero-order valence-corrected chi connectivity index (χ0v) is 13.4. The summed E-state index contributed by atoms with van der Waals surface area (Å²) in [5.74, 6) is 0.0525. The molecule has 2 nitrogen and oxygen atoms in total. The number of rotatable bonds is 5. The zero-order chi connectivity index (χ0) is 14.7. The lowest BCUT2D eigenvalue weighted by Crippen LogP contribution is -2.09. The summed E-state index contributed by atoms with van der Waals surface area (Å²) >= 11 is 3.48. The van der Waals surface area contributed by atoms with Crippen LogP contribution in [0.4, 0.5) is 0 Å². The van der Waals surface area contributed by atoms with Crippen LogP contribution in [0, 0.1) is 0 Å². The predicted molar refractivity (Wildman–Crippen MR) is 86.6 cm³/mol. The second-order valence-corrected chi connectivity index (χ2v) is 6.20. The summed E-state index contributed by atoms with van der Waals surface area (Å²) in [7, 11) is 0. The van der Waals surface area contributed by atoms with Crippen LogP contribution in [0.2, 0.25) is 0 Å². The second kappa shape index (κ2) is 6.54. The molecule has 0 spiro atoms. The molecule has 0 N–H and O–H groups in total. The Morgan fingerprint density at radius 1 is 1.10 bits per heavy atom. The third-order valence-electron chi connectivity index (χ3n) is 3.87. The van der Waals surface area contributed by atoms with Crippen molar-refractivity contribution < 1.29 is 9.53 Å². The van der Waals surface area contributed by atoms with Gasteiger partial charge in [-0.1, -0.05) is 46.3 Å². The molecule has 0 bridgehead atoms. The lowest BCUT2D eigenvalue weighted by atomic mass is 10.0. The molecule has 0 amide bonds. The van der Waals surface area contributed by atoms with Crippen molar-refractivity contribution in [2.45, 2.75) is 25.9 Å². The Kier molecular flexibility index (Phi) is 4.51. The van der Waals surface area contributed by atoms with E-state index in [-0.39, 0.29) is 12.4 Å². The van der Waals surface area contributed by atoms with E-state index < -0.39 is 0 Å². The molecule has 108 valence electrons. The highest BCUT2D eigenvalue weighted by Gasteiger charge is 2.14. The minimum absolute atomic E-state index is 0.0525. The Morgan fingerprint density at radius 3 is 2.76 bits per heavy atom. The first-order valence-electron chi connectivity index (χ1n) is 7.20. The zero-order valence-electron chi connectivity index (χ0n) is 11.8. The molecule has 0 heterocycles. The Labute approximate surface area is 133 Å². The topological polar surface area (TPSA) is 26.3 Å². The average Bonchev–Trinajstić information content (AvgIpc) is 2.96. The molecule has 2 aromatic carbocycles. The van der Waals surface area contributed by atoms with Crippen LogP contribution in [0.5, 0.6) is 0 Å². The van der Waals surface area contributed by atoms with Gasteiger partial charge in [0.2, 0.25) is 0 Å². The molecule has 0 radical (unpaired) electrons. The number of carbonyl (C=O) groups excluding carboxylic acids is 1. The molecule has 21 heavy (non-hydrogen) atoms. The van der Waals surface area contributed by atoms with Crippen molar-refractivity contribution >= 4 is 21.7 Å². The Bertz CT molecular complexity index is 664. The van der Waals surface area contributed by atoms with Gasteiger partial charge in [-0.25, -0.2) is 0 Å². The fourth-order valence-corrected chi connectivity index (χ4v) is 3.10. The molecule has 0 saturated heterocycles. The molecule has 0 fully saturated rings. The molecule has 1 aliphatic rings. The minimum atomic E-state index is 0.0525. The predicted octanol–water partition coefficient (Wildman–Crippen LogP) is 4.34. The molecule has 0 unspecified atom stereocenters. The van der Waals surface area contributed by atoms with Crippen LogP contribution >= 0.6 is 15.9 Å². The molecule has 0 atom stereocenters. The van der Waals surface area contributed by atoms with Crippen LogP contribution < -0.4 is 0 Å². The standard InChI is InChI=1S/C18H17BrO2/c19-17-7-2-1-4-16(17)11-21-12-18(20)15-9-8-13-5-3-6-14(13)10-15/h1-2,4,7-10H,3,5-6,11-12H2.